The van der Waals surface area contributed by atoms with Gasteiger partial charge in [-0.15, -0.1) is 0 Å². The van der Waals surface area contributed by atoms with Gasteiger partial charge in [-0.25, -0.2) is 4.99 Å². The van der Waals surface area contributed by atoms with Gasteiger partial charge in [0.15, 0.2) is 11.5 Å². The van der Waals surface area contributed by atoms with E-state index in [0.29, 0.717) is 16.5 Å². The summed E-state index contributed by atoms with van der Waals surface area (Å²) >= 11 is 9.60. The monoisotopic (exact) mass is 357 g/mol. The summed E-state index contributed by atoms with van der Waals surface area (Å²) in [6, 6.07) is 5.43. The second-order valence-corrected chi connectivity index (χ2v) is 7.31. The van der Waals surface area contributed by atoms with Crippen molar-refractivity contribution in [2.45, 2.75) is 38.8 Å². The summed E-state index contributed by atoms with van der Waals surface area (Å²) in [7, 11) is 0. The molecule has 0 saturated carbocycles. The molecule has 4 nitrogen and oxygen atoms in total. The maximum Gasteiger partial charge on any atom is 0.259 e. The molecule has 0 aromatic heterocycles. The van der Waals surface area contributed by atoms with E-state index in [1.165, 1.54) is 0 Å². The summed E-state index contributed by atoms with van der Waals surface area (Å²) in [4.78, 5) is 16.8. The molecule has 1 aromatic rings. The Bertz CT molecular complexity index is 595. The predicted molar refractivity (Wildman–Crippen MR) is 85.0 cm³/mol. The molecule has 1 heterocycles. The third-order valence-corrected chi connectivity index (χ3v) is 3.76. The number of carbonyl (C=O) groups excluding carboxylic acids is 1. The standard InChI is InChI=1S/C14H17BrClN3O/c1-13(2,3)18-12-17-11(20)14(4,19-12)9-6-5-8(15)7-10(9)16/h5-7H,1-4H3,(H2,17,18,19,20). The number of halogens is 2. The Morgan fingerprint density at radius 3 is 2.60 bits per heavy atom. The summed E-state index contributed by atoms with van der Waals surface area (Å²) in [5.74, 6) is 0.289. The molecule has 0 radical (unpaired) electrons. The Kier molecular flexibility index (Phi) is 3.86. The van der Waals surface area contributed by atoms with Gasteiger partial charge in [0.05, 0.1) is 0 Å². The molecule has 0 bridgehead atoms. The molecule has 20 heavy (non-hydrogen) atoms. The van der Waals surface area contributed by atoms with E-state index in [1.54, 1.807) is 13.0 Å². The average Bonchev–Trinajstić information content (AvgIpc) is 2.51. The lowest BCUT2D eigenvalue weighted by molar-refractivity contribution is -0.123. The van der Waals surface area contributed by atoms with Gasteiger partial charge in [-0.1, -0.05) is 33.6 Å². The van der Waals surface area contributed by atoms with E-state index >= 15 is 0 Å². The van der Waals surface area contributed by atoms with E-state index < -0.39 is 5.54 Å². The van der Waals surface area contributed by atoms with Gasteiger partial charge < -0.3 is 5.32 Å². The molecule has 0 spiro atoms. The number of amides is 1. The van der Waals surface area contributed by atoms with Crippen LogP contribution in [-0.4, -0.2) is 17.4 Å². The predicted octanol–water partition coefficient (Wildman–Crippen LogP) is 3.19. The Labute approximate surface area is 132 Å². The fraction of sp³-hybridized carbons (Fsp3) is 0.429. The van der Waals surface area contributed by atoms with Crippen molar-refractivity contribution in [2.75, 3.05) is 0 Å². The number of nitrogens with zero attached hydrogens (tertiary/aromatic N) is 1. The molecule has 1 amide bonds. The minimum Gasteiger partial charge on any atom is -0.351 e. The second-order valence-electron chi connectivity index (χ2n) is 5.99. The maximum atomic E-state index is 12.3. The number of hydrogen-bond acceptors (Lipinski definition) is 3. The van der Waals surface area contributed by atoms with E-state index in [1.807, 2.05) is 32.9 Å². The first kappa shape index (κ1) is 15.3. The molecule has 108 valence electrons. The molecule has 2 rings (SSSR count). The lowest BCUT2D eigenvalue weighted by Crippen LogP contribution is -2.47. The quantitative estimate of drug-likeness (QED) is 0.810. The fourth-order valence-electron chi connectivity index (χ4n) is 2.01. The van der Waals surface area contributed by atoms with Crippen LogP contribution in [0, 0.1) is 0 Å². The minimum atomic E-state index is -1.01. The number of aliphatic imine (C=N–C) groups is 1. The zero-order valence-corrected chi connectivity index (χ0v) is 14.2. The highest BCUT2D eigenvalue weighted by Crippen LogP contribution is 2.35. The average molecular weight is 359 g/mol. The summed E-state index contributed by atoms with van der Waals surface area (Å²) < 4.78 is 0.866. The van der Waals surface area contributed by atoms with Gasteiger partial charge >= 0.3 is 0 Å². The first-order valence-corrected chi connectivity index (χ1v) is 7.44. The van der Waals surface area contributed by atoms with Crippen molar-refractivity contribution in [3.05, 3.63) is 33.3 Å². The molecular formula is C14H17BrClN3O. The zero-order valence-electron chi connectivity index (χ0n) is 11.8. The van der Waals surface area contributed by atoms with Gasteiger partial charge in [0.1, 0.15) is 0 Å². The van der Waals surface area contributed by atoms with Crippen molar-refractivity contribution in [2.24, 2.45) is 4.99 Å². The van der Waals surface area contributed by atoms with Crippen molar-refractivity contribution in [1.82, 2.24) is 10.6 Å². The summed E-state index contributed by atoms with van der Waals surface area (Å²) in [5, 5.41) is 6.45. The molecule has 1 aromatic carbocycles. The number of rotatable bonds is 1. The molecule has 0 aliphatic carbocycles. The van der Waals surface area contributed by atoms with Crippen LogP contribution in [-0.2, 0) is 10.3 Å². The van der Waals surface area contributed by atoms with Gasteiger partial charge in [0, 0.05) is 20.6 Å². The van der Waals surface area contributed by atoms with Gasteiger partial charge in [-0.05, 0) is 39.8 Å². The van der Waals surface area contributed by atoms with Crippen LogP contribution >= 0.6 is 27.5 Å². The van der Waals surface area contributed by atoms with Crippen molar-refractivity contribution < 1.29 is 4.79 Å². The Morgan fingerprint density at radius 2 is 2.05 bits per heavy atom. The molecule has 1 aliphatic heterocycles. The lowest BCUT2D eigenvalue weighted by Gasteiger charge is -2.21. The van der Waals surface area contributed by atoms with E-state index in [0.717, 1.165) is 4.47 Å². The van der Waals surface area contributed by atoms with E-state index in [4.69, 9.17) is 11.6 Å². The van der Waals surface area contributed by atoms with Crippen molar-refractivity contribution in [3.63, 3.8) is 0 Å². The van der Waals surface area contributed by atoms with Gasteiger partial charge in [0.2, 0.25) is 0 Å². The van der Waals surface area contributed by atoms with Crippen molar-refractivity contribution in [1.29, 1.82) is 0 Å². The number of benzene rings is 1. The van der Waals surface area contributed by atoms with E-state index in [-0.39, 0.29) is 11.4 Å². The van der Waals surface area contributed by atoms with Crippen LogP contribution in [0.25, 0.3) is 0 Å². The zero-order chi connectivity index (χ0) is 15.1. The fourth-order valence-corrected chi connectivity index (χ4v) is 2.87. The van der Waals surface area contributed by atoms with Crippen LogP contribution in [0.15, 0.2) is 27.7 Å². The van der Waals surface area contributed by atoms with Crippen LogP contribution in [0.1, 0.15) is 33.3 Å². The van der Waals surface area contributed by atoms with Crippen LogP contribution in [0.3, 0.4) is 0 Å². The second kappa shape index (κ2) is 5.04. The maximum absolute atomic E-state index is 12.3. The first-order chi connectivity index (χ1) is 9.12. The molecule has 1 atom stereocenters. The summed E-state index contributed by atoms with van der Waals surface area (Å²) in [6.45, 7) is 7.77. The topological polar surface area (TPSA) is 53.5 Å². The molecular weight excluding hydrogens is 342 g/mol. The Hall–Kier alpha value is -1.07. The summed E-state index contributed by atoms with van der Waals surface area (Å²) in [6.07, 6.45) is 0. The molecule has 6 heteroatoms. The van der Waals surface area contributed by atoms with Crippen LogP contribution in [0.5, 0.6) is 0 Å². The summed E-state index contributed by atoms with van der Waals surface area (Å²) in [5.41, 5.74) is -0.503. The molecule has 2 N–H and O–H groups in total. The molecule has 0 fully saturated rings. The molecule has 1 aliphatic rings. The highest BCUT2D eigenvalue weighted by Gasteiger charge is 2.42. The number of guanidine groups is 1. The SMILES string of the molecule is CC(C)(C)NC1=NC(C)(c2ccc(Br)cc2Cl)C(=O)N1. The first-order valence-electron chi connectivity index (χ1n) is 6.27. The third kappa shape index (κ3) is 2.99. The smallest absolute Gasteiger partial charge is 0.259 e. The van der Waals surface area contributed by atoms with Gasteiger partial charge in [-0.2, -0.15) is 0 Å². The number of nitrogens with one attached hydrogen (secondary N) is 2. The largest absolute Gasteiger partial charge is 0.351 e. The molecule has 1 unspecified atom stereocenters. The van der Waals surface area contributed by atoms with Crippen LogP contribution in [0.2, 0.25) is 5.02 Å². The highest BCUT2D eigenvalue weighted by atomic mass is 79.9. The minimum absolute atomic E-state index is 0.180. The Morgan fingerprint density at radius 1 is 1.40 bits per heavy atom. The number of carbonyl (C=O) groups is 1. The van der Waals surface area contributed by atoms with Gasteiger partial charge in [0.25, 0.3) is 5.91 Å². The third-order valence-electron chi connectivity index (χ3n) is 2.96. The Balaban J connectivity index is 2.41. The normalized spacial score (nSPS) is 22.5. The van der Waals surface area contributed by atoms with Crippen LogP contribution in [0.4, 0.5) is 0 Å². The van der Waals surface area contributed by atoms with Gasteiger partial charge in [-0.3, -0.25) is 10.1 Å². The lowest BCUT2D eigenvalue weighted by atomic mass is 9.92. The van der Waals surface area contributed by atoms with Crippen molar-refractivity contribution >= 4 is 39.4 Å². The number of hydrogen-bond donors (Lipinski definition) is 2. The molecule has 0 saturated heterocycles. The van der Waals surface area contributed by atoms with E-state index in [2.05, 4.69) is 31.6 Å². The van der Waals surface area contributed by atoms with E-state index in [9.17, 15) is 4.79 Å². The van der Waals surface area contributed by atoms with Crippen molar-refractivity contribution in [3.8, 4) is 0 Å². The highest BCUT2D eigenvalue weighted by molar-refractivity contribution is 9.10. The van der Waals surface area contributed by atoms with Crippen LogP contribution < -0.4 is 10.6 Å².